The van der Waals surface area contributed by atoms with Crippen molar-refractivity contribution >= 4 is 28.2 Å². The molecule has 7 nitrogen and oxygen atoms in total. The Hall–Kier alpha value is -3.06. The number of hydrogen-bond acceptors (Lipinski definition) is 7. The number of nitrogens with two attached hydrogens (primary N) is 1. The molecule has 0 unspecified atom stereocenters. The molecule has 0 saturated carbocycles. The van der Waals surface area contributed by atoms with Crippen molar-refractivity contribution in [1.29, 1.82) is 0 Å². The lowest BCUT2D eigenvalue weighted by atomic mass is 9.97. The number of anilines is 3. The molecule has 0 atom stereocenters. The van der Waals surface area contributed by atoms with E-state index in [4.69, 9.17) is 20.2 Å². The number of rotatable bonds is 6. The van der Waals surface area contributed by atoms with Gasteiger partial charge in [-0.1, -0.05) is 0 Å². The number of piperidine rings is 1. The Kier molecular flexibility index (Phi) is 5.67. The molecule has 1 aliphatic heterocycles. The van der Waals surface area contributed by atoms with Crippen LogP contribution >= 0.6 is 0 Å². The third-order valence-electron chi connectivity index (χ3n) is 5.44. The maximum Gasteiger partial charge on any atom is 0.147 e. The summed E-state index contributed by atoms with van der Waals surface area (Å²) in [6.07, 6.45) is 4.08. The van der Waals surface area contributed by atoms with E-state index < -0.39 is 0 Å². The molecule has 1 aliphatic rings. The summed E-state index contributed by atoms with van der Waals surface area (Å²) < 4.78 is 10.7. The van der Waals surface area contributed by atoms with Gasteiger partial charge >= 0.3 is 0 Å². The van der Waals surface area contributed by atoms with E-state index in [2.05, 4.69) is 15.2 Å². The highest BCUT2D eigenvalue weighted by Gasteiger charge is 2.19. The molecule has 1 fully saturated rings. The summed E-state index contributed by atoms with van der Waals surface area (Å²) in [7, 11) is 3.28. The predicted octanol–water partition coefficient (Wildman–Crippen LogP) is 3.57. The second kappa shape index (κ2) is 8.53. The maximum absolute atomic E-state index is 5.81. The molecule has 4 rings (SSSR count). The number of nitrogens with one attached hydrogen (secondary N) is 1. The zero-order valence-corrected chi connectivity index (χ0v) is 16.9. The summed E-state index contributed by atoms with van der Waals surface area (Å²) in [5.41, 5.74) is 9.36. The van der Waals surface area contributed by atoms with Crippen molar-refractivity contribution in [2.45, 2.75) is 12.8 Å². The summed E-state index contributed by atoms with van der Waals surface area (Å²) in [4.78, 5) is 11.8. The Labute approximate surface area is 170 Å². The molecule has 0 aliphatic carbocycles. The number of fused-ring (bicyclic) bond motifs is 1. The molecule has 0 amide bonds. The van der Waals surface area contributed by atoms with Gasteiger partial charge < -0.3 is 25.4 Å². The topological polar surface area (TPSA) is 85.5 Å². The Morgan fingerprint density at radius 1 is 1.00 bits per heavy atom. The van der Waals surface area contributed by atoms with Gasteiger partial charge in [0.15, 0.2) is 0 Å². The van der Waals surface area contributed by atoms with Gasteiger partial charge in [-0.2, -0.15) is 0 Å². The van der Waals surface area contributed by atoms with Gasteiger partial charge in [-0.3, -0.25) is 4.98 Å². The molecule has 0 spiro atoms. The third kappa shape index (κ3) is 4.35. The first-order valence-electron chi connectivity index (χ1n) is 9.90. The van der Waals surface area contributed by atoms with E-state index in [1.54, 1.807) is 14.2 Å². The van der Waals surface area contributed by atoms with Crippen molar-refractivity contribution in [3.05, 3.63) is 42.6 Å². The predicted molar refractivity (Wildman–Crippen MR) is 116 cm³/mol. The van der Waals surface area contributed by atoms with E-state index >= 15 is 0 Å². The van der Waals surface area contributed by atoms with Crippen molar-refractivity contribution in [1.82, 2.24) is 9.97 Å². The number of hydrogen-bond donors (Lipinski definition) is 2. The lowest BCUT2D eigenvalue weighted by Crippen LogP contribution is -2.36. The number of nitrogens with zero attached hydrogens (tertiary/aromatic N) is 3. The second-order valence-corrected chi connectivity index (χ2v) is 7.32. The van der Waals surface area contributed by atoms with Crippen LogP contribution in [-0.2, 0) is 0 Å². The molecule has 0 bridgehead atoms. The summed E-state index contributed by atoms with van der Waals surface area (Å²) in [6.45, 7) is 2.72. The highest BCUT2D eigenvalue weighted by molar-refractivity contribution is 5.81. The molecule has 152 valence electrons. The molecular formula is C22H27N5O2. The van der Waals surface area contributed by atoms with Gasteiger partial charge in [0.25, 0.3) is 0 Å². The average Bonchev–Trinajstić information content (AvgIpc) is 2.78. The molecular weight excluding hydrogens is 366 g/mol. The van der Waals surface area contributed by atoms with E-state index in [0.717, 1.165) is 72.2 Å². The molecule has 0 radical (unpaired) electrons. The molecule has 29 heavy (non-hydrogen) atoms. The fourth-order valence-electron chi connectivity index (χ4n) is 3.68. The smallest absolute Gasteiger partial charge is 0.147 e. The second-order valence-electron chi connectivity index (χ2n) is 7.32. The zero-order chi connectivity index (χ0) is 20.2. The summed E-state index contributed by atoms with van der Waals surface area (Å²) in [5.74, 6) is 3.01. The van der Waals surface area contributed by atoms with Gasteiger partial charge in [-0.05, 0) is 43.5 Å². The summed E-state index contributed by atoms with van der Waals surface area (Å²) in [6, 6.07) is 11.7. The van der Waals surface area contributed by atoms with Crippen molar-refractivity contribution in [2.24, 2.45) is 11.7 Å². The molecule has 3 N–H and O–H groups in total. The van der Waals surface area contributed by atoms with Crippen LogP contribution in [0.4, 0.5) is 17.2 Å². The van der Waals surface area contributed by atoms with Crippen LogP contribution in [0.2, 0.25) is 0 Å². The van der Waals surface area contributed by atoms with E-state index in [9.17, 15) is 0 Å². The van der Waals surface area contributed by atoms with Crippen LogP contribution < -0.4 is 25.4 Å². The van der Waals surface area contributed by atoms with E-state index in [-0.39, 0.29) is 0 Å². The SMILES string of the molecule is COc1cc(Nc2ccc3ncc(N4CCC(CN)CC4)nc3c2)cc(OC)c1. The van der Waals surface area contributed by atoms with Crippen molar-refractivity contribution in [2.75, 3.05) is 44.1 Å². The van der Waals surface area contributed by atoms with Gasteiger partial charge in [0.1, 0.15) is 17.3 Å². The van der Waals surface area contributed by atoms with Crippen molar-refractivity contribution in [3.8, 4) is 11.5 Å². The molecule has 7 heteroatoms. The third-order valence-corrected chi connectivity index (χ3v) is 5.44. The summed E-state index contributed by atoms with van der Waals surface area (Å²) >= 11 is 0. The van der Waals surface area contributed by atoms with Crippen molar-refractivity contribution in [3.63, 3.8) is 0 Å². The van der Waals surface area contributed by atoms with Crippen LogP contribution in [-0.4, -0.2) is 43.8 Å². The molecule has 1 aromatic heterocycles. The monoisotopic (exact) mass is 393 g/mol. The van der Waals surface area contributed by atoms with E-state index in [1.807, 2.05) is 42.6 Å². The van der Waals surface area contributed by atoms with Gasteiger partial charge in [0, 0.05) is 42.7 Å². The van der Waals surface area contributed by atoms with Crippen LogP contribution in [0.5, 0.6) is 11.5 Å². The van der Waals surface area contributed by atoms with Gasteiger partial charge in [-0.15, -0.1) is 0 Å². The fraction of sp³-hybridized carbons (Fsp3) is 0.364. The maximum atomic E-state index is 5.81. The van der Waals surface area contributed by atoms with Crippen LogP contribution in [0.25, 0.3) is 11.0 Å². The Morgan fingerprint density at radius 2 is 1.72 bits per heavy atom. The Balaban J connectivity index is 1.57. The minimum Gasteiger partial charge on any atom is -0.497 e. The minimum absolute atomic E-state index is 0.621. The normalized spacial score (nSPS) is 14.8. The highest BCUT2D eigenvalue weighted by Crippen LogP contribution is 2.29. The molecule has 2 heterocycles. The van der Waals surface area contributed by atoms with Crippen LogP contribution in [0.15, 0.2) is 42.6 Å². The lowest BCUT2D eigenvalue weighted by molar-refractivity contribution is 0.395. The van der Waals surface area contributed by atoms with Crippen LogP contribution in [0.3, 0.4) is 0 Å². The Bertz CT molecular complexity index is 964. The zero-order valence-electron chi connectivity index (χ0n) is 16.9. The first-order chi connectivity index (χ1) is 14.2. The Morgan fingerprint density at radius 3 is 2.38 bits per heavy atom. The number of ether oxygens (including phenoxy) is 2. The molecule has 2 aromatic carbocycles. The van der Waals surface area contributed by atoms with Crippen LogP contribution in [0.1, 0.15) is 12.8 Å². The largest absolute Gasteiger partial charge is 0.497 e. The number of methoxy groups -OCH3 is 2. The van der Waals surface area contributed by atoms with Gasteiger partial charge in [-0.25, -0.2) is 4.98 Å². The van der Waals surface area contributed by atoms with Crippen LogP contribution in [0, 0.1) is 5.92 Å². The minimum atomic E-state index is 0.621. The summed E-state index contributed by atoms with van der Waals surface area (Å²) in [5, 5.41) is 3.40. The first kappa shape index (κ1) is 19.3. The molecule has 3 aromatic rings. The molecule has 1 saturated heterocycles. The lowest BCUT2D eigenvalue weighted by Gasteiger charge is -2.32. The fourth-order valence-corrected chi connectivity index (χ4v) is 3.68. The van der Waals surface area contributed by atoms with Gasteiger partial charge in [0.05, 0.1) is 31.4 Å². The van der Waals surface area contributed by atoms with Gasteiger partial charge in [0.2, 0.25) is 0 Å². The highest BCUT2D eigenvalue weighted by atomic mass is 16.5. The average molecular weight is 393 g/mol. The standard InChI is InChI=1S/C22H27N5O2/c1-28-18-9-17(10-19(12-18)29-2)25-16-3-4-20-21(11-16)26-22(14-24-20)27-7-5-15(13-23)6-8-27/h3-4,9-12,14-15,25H,5-8,13,23H2,1-2H3. The van der Waals surface area contributed by atoms with E-state index in [0.29, 0.717) is 5.92 Å². The number of benzene rings is 2. The van der Waals surface area contributed by atoms with E-state index in [1.165, 1.54) is 0 Å². The quantitative estimate of drug-likeness (QED) is 0.662. The van der Waals surface area contributed by atoms with Crippen molar-refractivity contribution < 1.29 is 9.47 Å². The first-order valence-corrected chi connectivity index (χ1v) is 9.90. The number of aromatic nitrogens is 2.